The molecule has 4 nitrogen and oxygen atoms in total. The molecule has 0 heterocycles. The first-order valence-corrected chi connectivity index (χ1v) is 9.13. The summed E-state index contributed by atoms with van der Waals surface area (Å²) in [7, 11) is 3.24. The number of benzene rings is 2. The van der Waals surface area contributed by atoms with E-state index in [4.69, 9.17) is 21.7 Å². The maximum atomic E-state index is 5.55. The van der Waals surface area contributed by atoms with Gasteiger partial charge in [-0.05, 0) is 55.2 Å². The number of methoxy groups -OCH3 is 2. The van der Waals surface area contributed by atoms with Crippen LogP contribution in [0.15, 0.2) is 36.4 Å². The van der Waals surface area contributed by atoms with E-state index in [1.165, 1.54) is 16.7 Å². The lowest BCUT2D eigenvalue weighted by molar-refractivity contribution is 0.355. The molecule has 2 aromatic rings. The topological polar surface area (TPSA) is 42.5 Å². The Labute approximate surface area is 161 Å². The summed E-state index contributed by atoms with van der Waals surface area (Å²) >= 11 is 5.55. The highest BCUT2D eigenvalue weighted by Crippen LogP contribution is 2.30. The third-order valence-corrected chi connectivity index (χ3v) is 4.57. The van der Waals surface area contributed by atoms with Gasteiger partial charge in [0.15, 0.2) is 16.6 Å². The van der Waals surface area contributed by atoms with Gasteiger partial charge in [-0.1, -0.05) is 37.6 Å². The Balaban J connectivity index is 2.15. The standard InChI is InChI=1S/C21H28N2O2S/c1-13(2)20(17-9-7-14(3)11-15(17)4)23-21(26)22-16-8-10-18(24-5)19(12-16)25-6/h7-13,20H,1-6H3,(H2,22,23,26)/t20-/m0/s1. The molecule has 0 aliphatic rings. The fraction of sp³-hybridized carbons (Fsp3) is 0.381. The van der Waals surface area contributed by atoms with E-state index in [1.54, 1.807) is 14.2 Å². The summed E-state index contributed by atoms with van der Waals surface area (Å²) in [6.07, 6.45) is 0. The van der Waals surface area contributed by atoms with Crippen LogP contribution >= 0.6 is 12.2 Å². The fourth-order valence-electron chi connectivity index (χ4n) is 3.00. The molecule has 0 unspecified atom stereocenters. The first kappa shape index (κ1) is 20.0. The van der Waals surface area contributed by atoms with Gasteiger partial charge in [0.2, 0.25) is 0 Å². The molecule has 1 atom stereocenters. The molecule has 0 saturated heterocycles. The van der Waals surface area contributed by atoms with Gasteiger partial charge in [0, 0.05) is 11.8 Å². The molecular weight excluding hydrogens is 344 g/mol. The number of anilines is 1. The van der Waals surface area contributed by atoms with Crippen LogP contribution in [0.5, 0.6) is 11.5 Å². The molecule has 0 amide bonds. The lowest BCUT2D eigenvalue weighted by atomic mass is 9.92. The van der Waals surface area contributed by atoms with Gasteiger partial charge in [-0.25, -0.2) is 0 Å². The monoisotopic (exact) mass is 372 g/mol. The lowest BCUT2D eigenvalue weighted by Gasteiger charge is -2.26. The van der Waals surface area contributed by atoms with Crippen LogP contribution in [0.25, 0.3) is 0 Å². The number of hydrogen-bond acceptors (Lipinski definition) is 3. The Bertz CT molecular complexity index is 775. The van der Waals surface area contributed by atoms with Crippen molar-refractivity contribution >= 4 is 23.0 Å². The van der Waals surface area contributed by atoms with Crippen LogP contribution in [0.4, 0.5) is 5.69 Å². The third-order valence-electron chi connectivity index (χ3n) is 4.36. The van der Waals surface area contributed by atoms with Crippen LogP contribution < -0.4 is 20.1 Å². The van der Waals surface area contributed by atoms with Gasteiger partial charge in [0.05, 0.1) is 20.3 Å². The second kappa shape index (κ2) is 8.90. The Kier molecular flexibility index (Phi) is 6.86. The zero-order valence-corrected chi connectivity index (χ0v) is 17.2. The number of nitrogens with one attached hydrogen (secondary N) is 2. The molecule has 2 aromatic carbocycles. The van der Waals surface area contributed by atoms with Gasteiger partial charge in [-0.15, -0.1) is 0 Å². The Morgan fingerprint density at radius 3 is 2.23 bits per heavy atom. The summed E-state index contributed by atoms with van der Waals surface area (Å²) in [5, 5.41) is 7.27. The Morgan fingerprint density at radius 1 is 0.962 bits per heavy atom. The van der Waals surface area contributed by atoms with E-state index in [-0.39, 0.29) is 6.04 Å². The second-order valence-electron chi connectivity index (χ2n) is 6.75. The highest BCUT2D eigenvalue weighted by molar-refractivity contribution is 7.80. The van der Waals surface area contributed by atoms with Crippen molar-refractivity contribution in [1.82, 2.24) is 5.32 Å². The molecule has 5 heteroatoms. The molecule has 0 radical (unpaired) electrons. The third kappa shape index (κ3) is 4.88. The molecule has 0 aromatic heterocycles. The maximum Gasteiger partial charge on any atom is 0.171 e. The summed E-state index contributed by atoms with van der Waals surface area (Å²) < 4.78 is 10.6. The number of ether oxygens (including phenoxy) is 2. The molecule has 2 rings (SSSR count). The van der Waals surface area contributed by atoms with Crippen LogP contribution in [-0.4, -0.2) is 19.3 Å². The normalized spacial score (nSPS) is 11.8. The van der Waals surface area contributed by atoms with Crippen molar-refractivity contribution in [2.75, 3.05) is 19.5 Å². The number of aryl methyl sites for hydroxylation is 2. The minimum Gasteiger partial charge on any atom is -0.493 e. The predicted molar refractivity (Wildman–Crippen MR) is 112 cm³/mol. The summed E-state index contributed by atoms with van der Waals surface area (Å²) in [4.78, 5) is 0. The van der Waals surface area contributed by atoms with Crippen molar-refractivity contribution in [2.45, 2.75) is 33.7 Å². The number of hydrogen-bond donors (Lipinski definition) is 2. The van der Waals surface area contributed by atoms with Crippen molar-refractivity contribution in [3.8, 4) is 11.5 Å². The summed E-state index contributed by atoms with van der Waals surface area (Å²) in [5.41, 5.74) is 4.65. The van der Waals surface area contributed by atoms with Crippen LogP contribution in [0.1, 0.15) is 36.6 Å². The van der Waals surface area contributed by atoms with E-state index in [0.29, 0.717) is 22.5 Å². The van der Waals surface area contributed by atoms with Crippen molar-refractivity contribution in [3.05, 3.63) is 53.1 Å². The molecule has 2 N–H and O–H groups in total. The Hall–Kier alpha value is -2.27. The molecule has 0 fully saturated rings. The average Bonchev–Trinajstić information content (AvgIpc) is 2.60. The van der Waals surface area contributed by atoms with Gasteiger partial charge in [-0.3, -0.25) is 0 Å². The summed E-state index contributed by atoms with van der Waals surface area (Å²) in [6.45, 7) is 8.63. The molecule has 0 spiro atoms. The van der Waals surface area contributed by atoms with E-state index >= 15 is 0 Å². The molecule has 0 aliphatic heterocycles. The molecule has 0 bridgehead atoms. The lowest BCUT2D eigenvalue weighted by Crippen LogP contribution is -2.35. The smallest absolute Gasteiger partial charge is 0.171 e. The van der Waals surface area contributed by atoms with Gasteiger partial charge >= 0.3 is 0 Å². The first-order valence-electron chi connectivity index (χ1n) is 8.72. The summed E-state index contributed by atoms with van der Waals surface area (Å²) in [6, 6.07) is 12.3. The minimum atomic E-state index is 0.135. The number of thiocarbonyl (C=S) groups is 1. The van der Waals surface area contributed by atoms with E-state index in [2.05, 4.69) is 56.5 Å². The van der Waals surface area contributed by atoms with Gasteiger partial charge in [0.1, 0.15) is 0 Å². The van der Waals surface area contributed by atoms with E-state index in [0.717, 1.165) is 5.69 Å². The maximum absolute atomic E-state index is 5.55. The van der Waals surface area contributed by atoms with Gasteiger partial charge in [0.25, 0.3) is 0 Å². The minimum absolute atomic E-state index is 0.135. The SMILES string of the molecule is COc1ccc(NC(=S)N[C@H](c2ccc(C)cc2C)C(C)C)cc1OC. The van der Waals surface area contributed by atoms with Crippen molar-refractivity contribution in [3.63, 3.8) is 0 Å². The van der Waals surface area contributed by atoms with Gasteiger partial charge < -0.3 is 20.1 Å². The largest absolute Gasteiger partial charge is 0.493 e. The first-order chi connectivity index (χ1) is 12.3. The van der Waals surface area contributed by atoms with Crippen molar-refractivity contribution in [1.29, 1.82) is 0 Å². The van der Waals surface area contributed by atoms with Crippen LogP contribution in [0.2, 0.25) is 0 Å². The van der Waals surface area contributed by atoms with Crippen LogP contribution in [0.3, 0.4) is 0 Å². The van der Waals surface area contributed by atoms with Crippen LogP contribution in [-0.2, 0) is 0 Å². The van der Waals surface area contributed by atoms with E-state index in [1.807, 2.05) is 18.2 Å². The number of rotatable bonds is 6. The zero-order valence-electron chi connectivity index (χ0n) is 16.3. The summed E-state index contributed by atoms with van der Waals surface area (Å²) in [5.74, 6) is 1.74. The van der Waals surface area contributed by atoms with Gasteiger partial charge in [-0.2, -0.15) is 0 Å². The van der Waals surface area contributed by atoms with Crippen molar-refractivity contribution in [2.24, 2.45) is 5.92 Å². The molecule has 0 saturated carbocycles. The average molecular weight is 373 g/mol. The zero-order chi connectivity index (χ0) is 19.3. The van der Waals surface area contributed by atoms with E-state index in [9.17, 15) is 0 Å². The molecular formula is C21H28N2O2S. The second-order valence-corrected chi connectivity index (χ2v) is 7.16. The Morgan fingerprint density at radius 2 is 1.65 bits per heavy atom. The molecule has 0 aliphatic carbocycles. The van der Waals surface area contributed by atoms with Crippen LogP contribution in [0, 0.1) is 19.8 Å². The molecule has 140 valence electrons. The fourth-order valence-corrected chi connectivity index (χ4v) is 3.25. The highest BCUT2D eigenvalue weighted by atomic mass is 32.1. The van der Waals surface area contributed by atoms with Crippen molar-refractivity contribution < 1.29 is 9.47 Å². The van der Waals surface area contributed by atoms with E-state index < -0.39 is 0 Å². The molecule has 26 heavy (non-hydrogen) atoms. The quantitative estimate of drug-likeness (QED) is 0.698. The predicted octanol–water partition coefficient (Wildman–Crippen LogP) is 5.00. The highest BCUT2D eigenvalue weighted by Gasteiger charge is 2.19.